The molecule has 0 fully saturated rings. The van der Waals surface area contributed by atoms with Crippen LogP contribution in [0.1, 0.15) is 20.8 Å². The van der Waals surface area contributed by atoms with Gasteiger partial charge < -0.3 is 15.9 Å². The molecule has 1 unspecified atom stereocenters. The number of H-pyrrole nitrogens is 1. The molecule has 1 atom stereocenters. The normalized spacial score (nSPS) is 12.7. The minimum absolute atomic E-state index is 0.208. The summed E-state index contributed by atoms with van der Waals surface area (Å²) in [6.45, 7) is 12.7. The Morgan fingerprint density at radius 1 is 1.37 bits per heavy atom. The van der Waals surface area contributed by atoms with Crippen LogP contribution in [0.2, 0.25) is 0 Å². The van der Waals surface area contributed by atoms with Crippen LogP contribution in [-0.2, 0) is 11.3 Å². The highest BCUT2D eigenvalue weighted by molar-refractivity contribution is 6.08. The molecule has 0 aliphatic carbocycles. The van der Waals surface area contributed by atoms with Gasteiger partial charge in [-0.1, -0.05) is 6.07 Å². The van der Waals surface area contributed by atoms with Gasteiger partial charge in [-0.2, -0.15) is 10.2 Å². The van der Waals surface area contributed by atoms with Crippen molar-refractivity contribution in [1.29, 1.82) is 0 Å². The lowest BCUT2D eigenvalue weighted by Gasteiger charge is -2.17. The number of amides is 1. The summed E-state index contributed by atoms with van der Waals surface area (Å²) in [7, 11) is 0. The third-order valence-corrected chi connectivity index (χ3v) is 5.02. The van der Waals surface area contributed by atoms with E-state index < -0.39 is 5.54 Å². The Kier molecular flexibility index (Phi) is 4.62. The van der Waals surface area contributed by atoms with Crippen LogP contribution in [0.5, 0.6) is 0 Å². The summed E-state index contributed by atoms with van der Waals surface area (Å²) < 4.78 is 1.75. The molecule has 0 bridgehead atoms. The Morgan fingerprint density at radius 2 is 2.17 bits per heavy atom. The van der Waals surface area contributed by atoms with Gasteiger partial charge in [-0.15, -0.1) is 0 Å². The van der Waals surface area contributed by atoms with E-state index in [9.17, 15) is 4.79 Å². The maximum Gasteiger partial charge on any atom is 0.305 e. The zero-order valence-corrected chi connectivity index (χ0v) is 17.0. The van der Waals surface area contributed by atoms with Crippen molar-refractivity contribution in [2.75, 3.05) is 5.73 Å². The topological polar surface area (TPSA) is 119 Å². The molecule has 9 heteroatoms. The van der Waals surface area contributed by atoms with Crippen molar-refractivity contribution in [2.45, 2.75) is 38.9 Å². The summed E-state index contributed by atoms with van der Waals surface area (Å²) in [5.41, 5.74) is 8.47. The van der Waals surface area contributed by atoms with Gasteiger partial charge in [0.1, 0.15) is 11.3 Å². The molecular formula is C21H22N8O. The Balaban J connectivity index is 1.65. The molecule has 4 N–H and O–H groups in total. The van der Waals surface area contributed by atoms with Crippen LogP contribution in [-0.4, -0.2) is 42.4 Å². The highest BCUT2D eigenvalue weighted by Crippen LogP contribution is 2.29. The lowest BCUT2D eigenvalue weighted by molar-refractivity contribution is -0.124. The summed E-state index contributed by atoms with van der Waals surface area (Å²) in [6.07, 6.45) is 3.54. The molecule has 3 aromatic heterocycles. The molecule has 30 heavy (non-hydrogen) atoms. The van der Waals surface area contributed by atoms with Crippen molar-refractivity contribution in [3.05, 3.63) is 48.1 Å². The van der Waals surface area contributed by atoms with Crippen molar-refractivity contribution in [3.63, 3.8) is 0 Å². The Labute approximate surface area is 173 Å². The molecule has 1 amide bonds. The van der Waals surface area contributed by atoms with E-state index in [1.807, 2.05) is 37.4 Å². The van der Waals surface area contributed by atoms with Crippen molar-refractivity contribution < 1.29 is 4.79 Å². The van der Waals surface area contributed by atoms with E-state index in [1.54, 1.807) is 24.7 Å². The van der Waals surface area contributed by atoms with Gasteiger partial charge in [0, 0.05) is 43.2 Å². The van der Waals surface area contributed by atoms with Crippen LogP contribution < -0.4 is 11.1 Å². The summed E-state index contributed by atoms with van der Waals surface area (Å²) in [5, 5.41) is 16.1. The van der Waals surface area contributed by atoms with Crippen molar-refractivity contribution in [1.82, 2.24) is 30.3 Å². The van der Waals surface area contributed by atoms with E-state index in [0.29, 0.717) is 12.4 Å². The zero-order chi connectivity index (χ0) is 21.5. The number of rotatable bonds is 5. The van der Waals surface area contributed by atoms with E-state index in [4.69, 9.17) is 12.3 Å². The first-order chi connectivity index (χ1) is 14.3. The number of nitrogens with two attached hydrogens (primary N) is 1. The lowest BCUT2D eigenvalue weighted by atomic mass is 10.1. The number of hydrogen-bond acceptors (Lipinski definition) is 5. The standard InChI is InChI=1S/C21H22N8O/c1-12(25-20(30)21(2,3)23-4)10-29-11-15-18(28-29)14-6-5-13(16-7-8-24-27-16)9-17(14)26-19(15)22/h5-9,11-12H,10H2,1-3H3,(H2,22,26)(H,24,27)(H,25,30). The summed E-state index contributed by atoms with van der Waals surface area (Å²) >= 11 is 0. The van der Waals surface area contributed by atoms with Crippen molar-refractivity contribution >= 4 is 33.5 Å². The molecule has 4 aromatic rings. The first kappa shape index (κ1) is 19.4. The molecule has 4 rings (SSSR count). The molecule has 0 aliphatic heterocycles. The zero-order valence-electron chi connectivity index (χ0n) is 17.0. The van der Waals surface area contributed by atoms with Gasteiger partial charge in [-0.3, -0.25) is 14.6 Å². The largest absolute Gasteiger partial charge is 0.383 e. The fraction of sp³-hybridized carbons (Fsp3) is 0.286. The number of fused-ring (bicyclic) bond motifs is 3. The Morgan fingerprint density at radius 3 is 2.87 bits per heavy atom. The van der Waals surface area contributed by atoms with Crippen LogP contribution in [0, 0.1) is 6.57 Å². The highest BCUT2D eigenvalue weighted by Gasteiger charge is 2.34. The van der Waals surface area contributed by atoms with E-state index in [0.717, 1.165) is 33.1 Å². The fourth-order valence-electron chi connectivity index (χ4n) is 3.28. The quantitative estimate of drug-likeness (QED) is 0.444. The number of nitrogens with zero attached hydrogens (tertiary/aromatic N) is 5. The molecule has 0 saturated carbocycles. The average molecular weight is 402 g/mol. The van der Waals surface area contributed by atoms with Crippen molar-refractivity contribution in [2.24, 2.45) is 0 Å². The van der Waals surface area contributed by atoms with Crippen LogP contribution >= 0.6 is 0 Å². The molecule has 0 spiro atoms. The number of nitrogen functional groups attached to an aromatic ring is 1. The third kappa shape index (κ3) is 3.43. The Bertz CT molecular complexity index is 1280. The van der Waals surface area contributed by atoms with E-state index in [1.165, 1.54) is 0 Å². The summed E-state index contributed by atoms with van der Waals surface area (Å²) in [4.78, 5) is 20.2. The number of nitrogens with one attached hydrogen (secondary N) is 2. The number of pyridine rings is 1. The van der Waals surface area contributed by atoms with Gasteiger partial charge in [-0.25, -0.2) is 11.6 Å². The predicted molar refractivity (Wildman–Crippen MR) is 115 cm³/mol. The van der Waals surface area contributed by atoms with Crippen LogP contribution in [0.25, 0.3) is 37.9 Å². The van der Waals surface area contributed by atoms with E-state index in [2.05, 4.69) is 30.4 Å². The molecular weight excluding hydrogens is 380 g/mol. The van der Waals surface area contributed by atoms with Gasteiger partial charge in [0.25, 0.3) is 0 Å². The minimum Gasteiger partial charge on any atom is -0.383 e. The van der Waals surface area contributed by atoms with Gasteiger partial charge in [-0.05, 0) is 25.1 Å². The SMILES string of the molecule is [C-]#[N+]C(C)(C)C(=O)NC(C)Cn1cc2c(N)nc3cc(-c4ccn[nH]4)ccc3c2n1. The molecule has 0 aliphatic rings. The smallest absolute Gasteiger partial charge is 0.305 e. The van der Waals surface area contributed by atoms with Crippen LogP contribution in [0.15, 0.2) is 36.7 Å². The molecule has 9 nitrogen and oxygen atoms in total. The lowest BCUT2D eigenvalue weighted by Crippen LogP contribution is -2.45. The second kappa shape index (κ2) is 7.15. The minimum atomic E-state index is -1.10. The second-order valence-electron chi connectivity index (χ2n) is 7.86. The number of carbonyl (C=O) groups is 1. The molecule has 3 heterocycles. The van der Waals surface area contributed by atoms with Gasteiger partial charge >= 0.3 is 11.4 Å². The van der Waals surface area contributed by atoms with Crippen LogP contribution in [0.4, 0.5) is 5.82 Å². The molecule has 0 radical (unpaired) electrons. The van der Waals surface area contributed by atoms with Gasteiger partial charge in [0.2, 0.25) is 0 Å². The first-order valence-corrected chi connectivity index (χ1v) is 9.54. The number of anilines is 1. The second-order valence-corrected chi connectivity index (χ2v) is 7.86. The number of carbonyl (C=O) groups excluding carboxylic acids is 1. The van der Waals surface area contributed by atoms with Crippen LogP contribution in [0.3, 0.4) is 0 Å². The maximum atomic E-state index is 12.2. The molecule has 1 aromatic carbocycles. The van der Waals surface area contributed by atoms with E-state index >= 15 is 0 Å². The monoisotopic (exact) mass is 402 g/mol. The van der Waals surface area contributed by atoms with Gasteiger partial charge in [0.05, 0.1) is 23.1 Å². The number of aromatic nitrogens is 5. The highest BCUT2D eigenvalue weighted by atomic mass is 16.2. The summed E-state index contributed by atoms with van der Waals surface area (Å²) in [6, 6.07) is 7.60. The number of hydrogen-bond donors (Lipinski definition) is 3. The Hall–Kier alpha value is -3.93. The van der Waals surface area contributed by atoms with Gasteiger partial charge in [0.15, 0.2) is 0 Å². The summed E-state index contributed by atoms with van der Waals surface area (Å²) in [5.74, 6) is 0.0935. The first-order valence-electron chi connectivity index (χ1n) is 9.54. The average Bonchev–Trinajstić information content (AvgIpc) is 3.37. The fourth-order valence-corrected chi connectivity index (χ4v) is 3.28. The number of aromatic amines is 1. The predicted octanol–water partition coefficient (Wildman–Crippen LogP) is 2.76. The maximum absolute atomic E-state index is 12.2. The van der Waals surface area contributed by atoms with Crippen molar-refractivity contribution in [3.8, 4) is 11.3 Å². The number of benzene rings is 1. The molecule has 0 saturated heterocycles. The van der Waals surface area contributed by atoms with E-state index in [-0.39, 0.29) is 11.9 Å². The molecule has 152 valence electrons. The third-order valence-electron chi connectivity index (χ3n) is 5.02.